The Kier molecular flexibility index (Phi) is 5.81. The maximum atomic E-state index is 12.4. The molecule has 0 unspecified atom stereocenters. The van der Waals surface area contributed by atoms with E-state index in [1.165, 1.54) is 0 Å². The van der Waals surface area contributed by atoms with E-state index in [1.807, 2.05) is 42.5 Å². The molecule has 1 heterocycles. The van der Waals surface area contributed by atoms with Crippen LogP contribution < -0.4 is 11.1 Å². The number of aliphatic hydroxyl groups excluding tert-OH is 1. The fourth-order valence-corrected chi connectivity index (χ4v) is 3.16. The number of carbonyl (C=O) groups excluding carboxylic acids is 1. The number of benzene rings is 2. The van der Waals surface area contributed by atoms with Crippen molar-refractivity contribution in [1.82, 2.24) is 10.2 Å². The smallest absolute Gasteiger partial charge is 0.251 e. The molecule has 2 aromatic carbocycles. The summed E-state index contributed by atoms with van der Waals surface area (Å²) >= 11 is 0. The molecule has 0 radical (unpaired) electrons. The quantitative estimate of drug-likeness (QED) is 0.747. The first-order valence-electron chi connectivity index (χ1n) is 8.74. The van der Waals surface area contributed by atoms with Crippen LogP contribution >= 0.6 is 0 Å². The predicted octanol–water partition coefficient (Wildman–Crippen LogP) is 1.61. The van der Waals surface area contributed by atoms with Crippen molar-refractivity contribution in [3.8, 4) is 11.1 Å². The summed E-state index contributed by atoms with van der Waals surface area (Å²) < 4.78 is 0. The summed E-state index contributed by atoms with van der Waals surface area (Å²) in [5.74, 6) is -0.0726. The second-order valence-electron chi connectivity index (χ2n) is 6.48. The first-order valence-corrected chi connectivity index (χ1v) is 8.74. The molecule has 1 aliphatic rings. The van der Waals surface area contributed by atoms with Crippen LogP contribution in [0.4, 0.5) is 0 Å². The normalized spacial score (nSPS) is 17.6. The molecule has 5 heteroatoms. The number of likely N-dealkylation sites (tertiary alicyclic amines) is 1. The Morgan fingerprint density at radius 3 is 2.68 bits per heavy atom. The summed E-state index contributed by atoms with van der Waals surface area (Å²) in [6.45, 7) is 3.44. The summed E-state index contributed by atoms with van der Waals surface area (Å²) in [6, 6.07) is 15.7. The zero-order valence-corrected chi connectivity index (χ0v) is 14.3. The molecule has 0 aliphatic carbocycles. The Morgan fingerprint density at radius 1 is 1.20 bits per heavy atom. The van der Waals surface area contributed by atoms with Gasteiger partial charge < -0.3 is 16.2 Å². The highest BCUT2D eigenvalue weighted by Crippen LogP contribution is 2.21. The first kappa shape index (κ1) is 17.6. The van der Waals surface area contributed by atoms with Gasteiger partial charge in [-0.25, -0.2) is 0 Å². The number of β-amino-alcohol motifs (C(OH)–C–C–N with tert-alkyl or cyclic N) is 1. The number of nitrogens with two attached hydrogens (primary N) is 1. The van der Waals surface area contributed by atoms with Gasteiger partial charge in [0, 0.05) is 38.3 Å². The van der Waals surface area contributed by atoms with Crippen LogP contribution in [0.1, 0.15) is 22.3 Å². The molecule has 0 bridgehead atoms. The van der Waals surface area contributed by atoms with Gasteiger partial charge in [0.1, 0.15) is 0 Å². The lowest BCUT2D eigenvalue weighted by Gasteiger charge is -2.15. The van der Waals surface area contributed by atoms with E-state index in [0.29, 0.717) is 25.2 Å². The lowest BCUT2D eigenvalue weighted by Crippen LogP contribution is -2.34. The van der Waals surface area contributed by atoms with Crippen molar-refractivity contribution in [2.24, 2.45) is 5.73 Å². The van der Waals surface area contributed by atoms with E-state index in [1.54, 1.807) is 0 Å². The molecule has 132 valence electrons. The average Bonchev–Trinajstić information content (AvgIpc) is 3.07. The monoisotopic (exact) mass is 339 g/mol. The summed E-state index contributed by atoms with van der Waals surface area (Å²) in [4.78, 5) is 14.6. The molecule has 1 atom stereocenters. The van der Waals surface area contributed by atoms with Gasteiger partial charge in [-0.15, -0.1) is 0 Å². The van der Waals surface area contributed by atoms with E-state index in [9.17, 15) is 9.90 Å². The minimum absolute atomic E-state index is 0.0726. The average molecular weight is 339 g/mol. The van der Waals surface area contributed by atoms with E-state index in [4.69, 9.17) is 5.73 Å². The van der Waals surface area contributed by atoms with Gasteiger partial charge >= 0.3 is 0 Å². The first-order chi connectivity index (χ1) is 12.2. The summed E-state index contributed by atoms with van der Waals surface area (Å²) in [5, 5.41) is 12.5. The summed E-state index contributed by atoms with van der Waals surface area (Å²) in [5.41, 5.74) is 9.49. The van der Waals surface area contributed by atoms with Crippen molar-refractivity contribution in [2.45, 2.75) is 19.1 Å². The molecule has 3 rings (SSSR count). The molecule has 1 amide bonds. The van der Waals surface area contributed by atoms with Crippen LogP contribution in [0.25, 0.3) is 11.1 Å². The molecule has 2 aromatic rings. The second kappa shape index (κ2) is 8.25. The lowest BCUT2D eigenvalue weighted by atomic mass is 10.0. The van der Waals surface area contributed by atoms with E-state index in [0.717, 1.165) is 36.2 Å². The number of nitrogens with zero attached hydrogens (tertiary/aromatic N) is 1. The van der Waals surface area contributed by atoms with Gasteiger partial charge in [-0.2, -0.15) is 0 Å². The third-order valence-corrected chi connectivity index (χ3v) is 4.58. The van der Waals surface area contributed by atoms with Gasteiger partial charge in [0.15, 0.2) is 0 Å². The van der Waals surface area contributed by atoms with Crippen LogP contribution in [0, 0.1) is 0 Å². The minimum atomic E-state index is -0.225. The largest absolute Gasteiger partial charge is 0.392 e. The van der Waals surface area contributed by atoms with Crippen molar-refractivity contribution in [3.05, 3.63) is 59.7 Å². The third kappa shape index (κ3) is 4.66. The Bertz CT molecular complexity index is 732. The third-order valence-electron chi connectivity index (χ3n) is 4.58. The molecule has 0 saturated carbocycles. The standard InChI is InChI=1S/C20H25N3O2/c21-13-15-3-1-4-16(11-15)17-5-2-6-18(12-17)20(25)22-8-10-23-9-7-19(24)14-23/h1-6,11-12,19,24H,7-10,13-14,21H2,(H,22,25)/t19-/m1/s1. The van der Waals surface area contributed by atoms with Gasteiger partial charge in [-0.3, -0.25) is 9.69 Å². The fourth-order valence-electron chi connectivity index (χ4n) is 3.16. The Hall–Kier alpha value is -2.21. The van der Waals surface area contributed by atoms with Gasteiger partial charge in [-0.05, 0) is 41.3 Å². The number of carbonyl (C=O) groups is 1. The van der Waals surface area contributed by atoms with E-state index >= 15 is 0 Å². The zero-order valence-electron chi connectivity index (χ0n) is 14.3. The number of aliphatic hydroxyl groups is 1. The zero-order chi connectivity index (χ0) is 17.6. The van der Waals surface area contributed by atoms with Crippen LogP contribution in [0.2, 0.25) is 0 Å². The molecule has 1 saturated heterocycles. The minimum Gasteiger partial charge on any atom is -0.392 e. The fraction of sp³-hybridized carbons (Fsp3) is 0.350. The number of hydrogen-bond donors (Lipinski definition) is 3. The van der Waals surface area contributed by atoms with E-state index < -0.39 is 0 Å². The highest BCUT2D eigenvalue weighted by atomic mass is 16.3. The predicted molar refractivity (Wildman–Crippen MR) is 99.2 cm³/mol. The maximum absolute atomic E-state index is 12.4. The van der Waals surface area contributed by atoms with Crippen LogP contribution in [-0.2, 0) is 6.54 Å². The van der Waals surface area contributed by atoms with E-state index in [2.05, 4.69) is 16.3 Å². The molecule has 0 spiro atoms. The molecule has 5 nitrogen and oxygen atoms in total. The van der Waals surface area contributed by atoms with Crippen LogP contribution in [0.15, 0.2) is 48.5 Å². The highest BCUT2D eigenvalue weighted by molar-refractivity contribution is 5.95. The lowest BCUT2D eigenvalue weighted by molar-refractivity contribution is 0.0949. The van der Waals surface area contributed by atoms with E-state index in [-0.39, 0.29) is 12.0 Å². The maximum Gasteiger partial charge on any atom is 0.251 e. The van der Waals surface area contributed by atoms with Gasteiger partial charge in [-0.1, -0.05) is 30.3 Å². The summed E-state index contributed by atoms with van der Waals surface area (Å²) in [6.07, 6.45) is 0.592. The molecule has 4 N–H and O–H groups in total. The number of amides is 1. The van der Waals surface area contributed by atoms with Crippen molar-refractivity contribution in [1.29, 1.82) is 0 Å². The molecule has 0 aromatic heterocycles. The molecular formula is C20H25N3O2. The van der Waals surface area contributed by atoms with Gasteiger partial charge in [0.2, 0.25) is 0 Å². The highest BCUT2D eigenvalue weighted by Gasteiger charge is 2.19. The number of hydrogen-bond acceptors (Lipinski definition) is 4. The Balaban J connectivity index is 1.61. The second-order valence-corrected chi connectivity index (χ2v) is 6.48. The summed E-state index contributed by atoms with van der Waals surface area (Å²) in [7, 11) is 0. The van der Waals surface area contributed by atoms with Crippen molar-refractivity contribution < 1.29 is 9.90 Å². The Labute approximate surface area is 148 Å². The van der Waals surface area contributed by atoms with Crippen LogP contribution in [0.3, 0.4) is 0 Å². The number of rotatable bonds is 6. The molecule has 25 heavy (non-hydrogen) atoms. The topological polar surface area (TPSA) is 78.6 Å². The molecule has 1 aliphatic heterocycles. The van der Waals surface area contributed by atoms with Crippen molar-refractivity contribution in [3.63, 3.8) is 0 Å². The van der Waals surface area contributed by atoms with Crippen molar-refractivity contribution >= 4 is 5.91 Å². The van der Waals surface area contributed by atoms with Gasteiger partial charge in [0.05, 0.1) is 6.10 Å². The molecule has 1 fully saturated rings. The van der Waals surface area contributed by atoms with Crippen LogP contribution in [0.5, 0.6) is 0 Å². The molecular weight excluding hydrogens is 314 g/mol. The van der Waals surface area contributed by atoms with Crippen LogP contribution in [-0.4, -0.2) is 48.2 Å². The SMILES string of the molecule is NCc1cccc(-c2cccc(C(=O)NCCN3CC[C@@H](O)C3)c2)c1. The van der Waals surface area contributed by atoms with Crippen molar-refractivity contribution in [2.75, 3.05) is 26.2 Å². The number of nitrogens with one attached hydrogen (secondary N) is 1. The Morgan fingerprint density at radius 2 is 1.96 bits per heavy atom. The van der Waals surface area contributed by atoms with Gasteiger partial charge in [0.25, 0.3) is 5.91 Å².